The highest BCUT2D eigenvalue weighted by molar-refractivity contribution is 6.30. The lowest BCUT2D eigenvalue weighted by atomic mass is 10.0. The molecule has 1 fully saturated rings. The van der Waals surface area contributed by atoms with E-state index in [9.17, 15) is 4.79 Å². The molecule has 2 N–H and O–H groups in total. The van der Waals surface area contributed by atoms with E-state index < -0.39 is 0 Å². The van der Waals surface area contributed by atoms with Crippen LogP contribution in [0.3, 0.4) is 0 Å². The zero-order valence-corrected chi connectivity index (χ0v) is 18.1. The monoisotopic (exact) mass is 438 g/mol. The minimum absolute atomic E-state index is 0.130. The summed E-state index contributed by atoms with van der Waals surface area (Å²) in [5.74, 6) is 0. The molecular weight excluding hydrogens is 412 g/mol. The van der Waals surface area contributed by atoms with Gasteiger partial charge >= 0.3 is 6.03 Å². The number of pyridine rings is 1. The molecule has 1 saturated heterocycles. The molecule has 7 nitrogen and oxygen atoms in total. The Morgan fingerprint density at radius 1 is 1.06 bits per heavy atom. The molecule has 0 spiro atoms. The molecule has 8 heteroatoms. The van der Waals surface area contributed by atoms with E-state index in [1.54, 1.807) is 10.9 Å². The SMILES string of the molecule is O=C(NCc1cnn(-c2ccc(Cl)cc2)c1)NC1CCN(CCc2ccncc2)CC1. The first-order valence-corrected chi connectivity index (χ1v) is 11.0. The maximum Gasteiger partial charge on any atom is 0.315 e. The summed E-state index contributed by atoms with van der Waals surface area (Å²) in [5.41, 5.74) is 3.18. The van der Waals surface area contributed by atoms with Gasteiger partial charge in [-0.1, -0.05) is 11.6 Å². The zero-order valence-electron chi connectivity index (χ0n) is 17.4. The summed E-state index contributed by atoms with van der Waals surface area (Å²) in [6.45, 7) is 3.48. The van der Waals surface area contributed by atoms with Crippen molar-refractivity contribution in [2.24, 2.45) is 0 Å². The molecule has 4 rings (SSSR count). The topological polar surface area (TPSA) is 75.1 Å². The van der Waals surface area contributed by atoms with Crippen LogP contribution in [-0.4, -0.2) is 51.4 Å². The first-order valence-electron chi connectivity index (χ1n) is 10.6. The summed E-state index contributed by atoms with van der Waals surface area (Å²) in [4.78, 5) is 18.8. The number of nitrogens with zero attached hydrogens (tertiary/aromatic N) is 4. The maximum absolute atomic E-state index is 12.3. The van der Waals surface area contributed by atoms with Crippen molar-refractivity contribution in [2.45, 2.75) is 31.8 Å². The molecule has 0 atom stereocenters. The zero-order chi connectivity index (χ0) is 21.5. The Balaban J connectivity index is 1.16. The van der Waals surface area contributed by atoms with Crippen molar-refractivity contribution >= 4 is 17.6 Å². The van der Waals surface area contributed by atoms with Gasteiger partial charge in [-0.25, -0.2) is 9.48 Å². The highest BCUT2D eigenvalue weighted by Gasteiger charge is 2.20. The van der Waals surface area contributed by atoms with Crippen molar-refractivity contribution in [3.63, 3.8) is 0 Å². The molecule has 0 radical (unpaired) electrons. The van der Waals surface area contributed by atoms with E-state index in [4.69, 9.17) is 11.6 Å². The van der Waals surface area contributed by atoms with Crippen molar-refractivity contribution in [3.05, 3.63) is 77.3 Å². The normalized spacial score (nSPS) is 15.0. The van der Waals surface area contributed by atoms with Gasteiger partial charge in [0, 0.05) is 61.4 Å². The van der Waals surface area contributed by atoms with Crippen molar-refractivity contribution in [1.29, 1.82) is 0 Å². The number of amides is 2. The molecule has 3 heterocycles. The predicted octanol–water partition coefficient (Wildman–Crippen LogP) is 3.43. The fourth-order valence-corrected chi connectivity index (χ4v) is 3.87. The van der Waals surface area contributed by atoms with E-state index in [1.165, 1.54) is 5.56 Å². The number of benzene rings is 1. The number of carbonyl (C=O) groups is 1. The average Bonchev–Trinajstić information content (AvgIpc) is 3.28. The maximum atomic E-state index is 12.3. The van der Waals surface area contributed by atoms with Crippen LogP contribution in [0.4, 0.5) is 4.79 Å². The number of piperidine rings is 1. The van der Waals surface area contributed by atoms with Crippen LogP contribution in [0.2, 0.25) is 5.02 Å². The van der Waals surface area contributed by atoms with Gasteiger partial charge in [-0.15, -0.1) is 0 Å². The van der Waals surface area contributed by atoms with Crippen LogP contribution in [-0.2, 0) is 13.0 Å². The molecule has 162 valence electrons. The number of carbonyl (C=O) groups excluding carboxylic acids is 1. The second-order valence-corrected chi connectivity index (χ2v) is 8.25. The molecule has 0 bridgehead atoms. The molecule has 1 aliphatic heterocycles. The van der Waals surface area contributed by atoms with Gasteiger partial charge in [0.1, 0.15) is 0 Å². The molecule has 2 aromatic heterocycles. The van der Waals surface area contributed by atoms with E-state index in [-0.39, 0.29) is 12.1 Å². The Bertz CT molecular complexity index is 967. The highest BCUT2D eigenvalue weighted by Crippen LogP contribution is 2.14. The summed E-state index contributed by atoms with van der Waals surface area (Å²) in [5, 5.41) is 11.1. The summed E-state index contributed by atoms with van der Waals surface area (Å²) < 4.78 is 1.77. The third-order valence-electron chi connectivity index (χ3n) is 5.57. The molecular formula is C23H27ClN6O. The van der Waals surface area contributed by atoms with Crippen LogP contribution in [0.25, 0.3) is 5.69 Å². The van der Waals surface area contributed by atoms with Crippen LogP contribution >= 0.6 is 11.6 Å². The number of nitrogens with one attached hydrogen (secondary N) is 2. The second kappa shape index (κ2) is 10.4. The van der Waals surface area contributed by atoms with Crippen molar-refractivity contribution in [2.75, 3.05) is 19.6 Å². The van der Waals surface area contributed by atoms with Gasteiger partial charge in [0.05, 0.1) is 11.9 Å². The fraction of sp³-hybridized carbons (Fsp3) is 0.348. The van der Waals surface area contributed by atoms with Crippen LogP contribution in [0.1, 0.15) is 24.0 Å². The van der Waals surface area contributed by atoms with Crippen LogP contribution < -0.4 is 10.6 Å². The number of aromatic nitrogens is 3. The third-order valence-corrected chi connectivity index (χ3v) is 5.82. The lowest BCUT2D eigenvalue weighted by Crippen LogP contribution is -2.48. The highest BCUT2D eigenvalue weighted by atomic mass is 35.5. The van der Waals surface area contributed by atoms with E-state index >= 15 is 0 Å². The minimum atomic E-state index is -0.130. The molecule has 3 aromatic rings. The van der Waals surface area contributed by atoms with E-state index in [0.717, 1.165) is 50.1 Å². The molecule has 2 amide bonds. The van der Waals surface area contributed by atoms with E-state index in [1.807, 2.05) is 42.9 Å². The quantitative estimate of drug-likeness (QED) is 0.592. The summed E-state index contributed by atoms with van der Waals surface area (Å²) in [7, 11) is 0. The third kappa shape index (κ3) is 6.29. The average molecular weight is 439 g/mol. The largest absolute Gasteiger partial charge is 0.335 e. The number of hydrogen-bond acceptors (Lipinski definition) is 4. The van der Waals surface area contributed by atoms with E-state index in [0.29, 0.717) is 11.6 Å². The Labute approximate surface area is 187 Å². The lowest BCUT2D eigenvalue weighted by Gasteiger charge is -2.32. The van der Waals surface area contributed by atoms with Gasteiger partial charge < -0.3 is 15.5 Å². The number of hydrogen-bond donors (Lipinski definition) is 2. The van der Waals surface area contributed by atoms with Gasteiger partial charge in [-0.2, -0.15) is 5.10 Å². The number of rotatable bonds is 7. The molecule has 0 saturated carbocycles. The standard InChI is InChI=1S/C23H27ClN6O/c24-20-1-3-22(4-2-20)30-17-19(16-27-30)15-26-23(31)28-21-8-13-29(14-9-21)12-7-18-5-10-25-11-6-18/h1-6,10-11,16-17,21H,7-9,12-15H2,(H2,26,28,31). The minimum Gasteiger partial charge on any atom is -0.335 e. The molecule has 1 aliphatic rings. The van der Waals surface area contributed by atoms with Gasteiger partial charge in [-0.05, 0) is 61.2 Å². The van der Waals surface area contributed by atoms with Crippen LogP contribution in [0.15, 0.2) is 61.2 Å². The number of likely N-dealkylation sites (tertiary alicyclic amines) is 1. The van der Waals surface area contributed by atoms with E-state index in [2.05, 4.69) is 37.7 Å². The summed E-state index contributed by atoms with van der Waals surface area (Å²) in [6.07, 6.45) is 10.3. The van der Waals surface area contributed by atoms with Gasteiger partial charge in [0.15, 0.2) is 0 Å². The first kappa shape index (κ1) is 21.3. The van der Waals surface area contributed by atoms with Gasteiger partial charge in [0.25, 0.3) is 0 Å². The van der Waals surface area contributed by atoms with Crippen molar-refractivity contribution in [1.82, 2.24) is 30.3 Å². The fourth-order valence-electron chi connectivity index (χ4n) is 3.74. The predicted molar refractivity (Wildman–Crippen MR) is 121 cm³/mol. The number of halogens is 1. The molecule has 0 unspecified atom stereocenters. The lowest BCUT2D eigenvalue weighted by molar-refractivity contribution is 0.193. The van der Waals surface area contributed by atoms with Gasteiger partial charge in [-0.3, -0.25) is 4.98 Å². The Hall–Kier alpha value is -2.90. The molecule has 31 heavy (non-hydrogen) atoms. The number of urea groups is 1. The Kier molecular flexibility index (Phi) is 7.17. The Morgan fingerprint density at radius 3 is 2.55 bits per heavy atom. The summed E-state index contributed by atoms with van der Waals surface area (Å²) in [6, 6.07) is 11.7. The summed E-state index contributed by atoms with van der Waals surface area (Å²) >= 11 is 5.93. The molecule has 0 aliphatic carbocycles. The smallest absolute Gasteiger partial charge is 0.315 e. The van der Waals surface area contributed by atoms with Gasteiger partial charge in [0.2, 0.25) is 0 Å². The van der Waals surface area contributed by atoms with Crippen molar-refractivity contribution < 1.29 is 4.79 Å². The van der Waals surface area contributed by atoms with Crippen molar-refractivity contribution in [3.8, 4) is 5.69 Å². The first-order chi connectivity index (χ1) is 15.2. The molecule has 1 aromatic carbocycles. The van der Waals surface area contributed by atoms with Crippen LogP contribution in [0, 0.1) is 0 Å². The van der Waals surface area contributed by atoms with Crippen LogP contribution in [0.5, 0.6) is 0 Å². The Morgan fingerprint density at radius 2 is 1.81 bits per heavy atom. The second-order valence-electron chi connectivity index (χ2n) is 7.82.